The summed E-state index contributed by atoms with van der Waals surface area (Å²) in [6.45, 7) is 3.99. The Labute approximate surface area is 120 Å². The Morgan fingerprint density at radius 1 is 1.37 bits per heavy atom. The lowest BCUT2D eigenvalue weighted by molar-refractivity contribution is 0.0956. The molecule has 2 aromatic rings. The molecule has 0 atom stereocenters. The summed E-state index contributed by atoms with van der Waals surface area (Å²) < 4.78 is 0. The Balaban J connectivity index is 2.48. The number of carbonyl (C=O) groups is 1. The van der Waals surface area contributed by atoms with E-state index >= 15 is 0 Å². The van der Waals surface area contributed by atoms with Crippen LogP contribution in [0.3, 0.4) is 0 Å². The van der Waals surface area contributed by atoms with Crippen molar-refractivity contribution in [1.29, 1.82) is 0 Å². The number of rotatable bonds is 3. The highest BCUT2D eigenvalue weighted by Gasteiger charge is 2.20. The second kappa shape index (κ2) is 5.69. The number of nitrogens with two attached hydrogens (primary N) is 1. The van der Waals surface area contributed by atoms with Crippen molar-refractivity contribution in [3.8, 4) is 10.6 Å². The SMILES string of the molecule is CC(C)c1nc(-c2ccc(Cl)cc2)sc1C(=O)NN. The standard InChI is InChI=1S/C13H14ClN3OS/c1-7(2)10-11(12(18)17-15)19-13(16-10)8-3-5-9(14)6-4-8/h3-7H,15H2,1-2H3,(H,17,18). The van der Waals surface area contributed by atoms with Gasteiger partial charge >= 0.3 is 0 Å². The van der Waals surface area contributed by atoms with Gasteiger partial charge < -0.3 is 0 Å². The minimum absolute atomic E-state index is 0.157. The summed E-state index contributed by atoms with van der Waals surface area (Å²) in [5.74, 6) is 5.06. The quantitative estimate of drug-likeness (QED) is 0.519. The van der Waals surface area contributed by atoms with Crippen LogP contribution in [0.5, 0.6) is 0 Å². The monoisotopic (exact) mass is 295 g/mol. The number of thiazole rings is 1. The van der Waals surface area contributed by atoms with Crippen LogP contribution in [0.25, 0.3) is 10.6 Å². The van der Waals surface area contributed by atoms with Gasteiger partial charge in [0.15, 0.2) is 0 Å². The first-order valence-corrected chi connectivity index (χ1v) is 7.00. The van der Waals surface area contributed by atoms with Crippen LogP contribution < -0.4 is 11.3 Å². The Bertz CT molecular complexity index is 592. The molecule has 0 bridgehead atoms. The topological polar surface area (TPSA) is 68.0 Å². The van der Waals surface area contributed by atoms with E-state index in [1.807, 2.05) is 26.0 Å². The number of hydrogen-bond donors (Lipinski definition) is 2. The Morgan fingerprint density at radius 2 is 2.00 bits per heavy atom. The van der Waals surface area contributed by atoms with Crippen LogP contribution in [0.2, 0.25) is 5.02 Å². The first kappa shape index (κ1) is 14.0. The summed E-state index contributed by atoms with van der Waals surface area (Å²) in [6, 6.07) is 7.37. The van der Waals surface area contributed by atoms with Crippen molar-refractivity contribution >= 4 is 28.8 Å². The van der Waals surface area contributed by atoms with Gasteiger partial charge in [0.1, 0.15) is 9.88 Å². The smallest absolute Gasteiger partial charge is 0.277 e. The molecule has 1 heterocycles. The molecule has 0 spiro atoms. The second-order valence-corrected chi connectivity index (χ2v) is 5.80. The highest BCUT2D eigenvalue weighted by molar-refractivity contribution is 7.17. The summed E-state index contributed by atoms with van der Waals surface area (Å²) in [4.78, 5) is 16.8. The molecular formula is C13H14ClN3OS. The summed E-state index contributed by atoms with van der Waals surface area (Å²) in [6.07, 6.45) is 0. The number of carbonyl (C=O) groups excluding carboxylic acids is 1. The van der Waals surface area contributed by atoms with E-state index in [0.717, 1.165) is 16.3 Å². The Kier molecular flexibility index (Phi) is 4.19. The lowest BCUT2D eigenvalue weighted by atomic mass is 10.1. The Morgan fingerprint density at radius 3 is 2.53 bits per heavy atom. The van der Waals surface area contributed by atoms with Crippen LogP contribution in [0.1, 0.15) is 35.1 Å². The maximum absolute atomic E-state index is 11.8. The highest BCUT2D eigenvalue weighted by atomic mass is 35.5. The van der Waals surface area contributed by atoms with Gasteiger partial charge in [0.2, 0.25) is 0 Å². The molecule has 0 saturated heterocycles. The van der Waals surface area contributed by atoms with Gasteiger partial charge in [0, 0.05) is 10.6 Å². The van der Waals surface area contributed by atoms with E-state index < -0.39 is 0 Å². The normalized spacial score (nSPS) is 10.8. The summed E-state index contributed by atoms with van der Waals surface area (Å²) >= 11 is 7.19. The minimum Gasteiger partial charge on any atom is -0.289 e. The van der Waals surface area contributed by atoms with E-state index in [1.165, 1.54) is 11.3 Å². The molecule has 0 aliphatic rings. The van der Waals surface area contributed by atoms with Gasteiger partial charge in [-0.3, -0.25) is 10.2 Å². The van der Waals surface area contributed by atoms with E-state index in [4.69, 9.17) is 17.4 Å². The van der Waals surface area contributed by atoms with Gasteiger partial charge in [-0.1, -0.05) is 37.6 Å². The fourth-order valence-corrected chi connectivity index (χ4v) is 2.92. The number of benzene rings is 1. The number of hydrogen-bond acceptors (Lipinski definition) is 4. The molecule has 0 fully saturated rings. The number of nitrogens with zero attached hydrogens (tertiary/aromatic N) is 1. The maximum atomic E-state index is 11.8. The Hall–Kier alpha value is -1.43. The van der Waals surface area contributed by atoms with Crippen molar-refractivity contribution in [3.05, 3.63) is 39.9 Å². The lowest BCUT2D eigenvalue weighted by Crippen LogP contribution is -2.30. The largest absolute Gasteiger partial charge is 0.289 e. The molecule has 0 aliphatic carbocycles. The average Bonchev–Trinajstić information content (AvgIpc) is 2.84. The first-order chi connectivity index (χ1) is 9.02. The molecule has 3 N–H and O–H groups in total. The van der Waals surface area contributed by atoms with Crippen molar-refractivity contribution in [2.24, 2.45) is 5.84 Å². The van der Waals surface area contributed by atoms with Gasteiger partial charge in [-0.2, -0.15) is 0 Å². The molecule has 0 unspecified atom stereocenters. The summed E-state index contributed by atoms with van der Waals surface area (Å²) in [5.41, 5.74) is 3.86. The number of amides is 1. The minimum atomic E-state index is -0.304. The number of hydrazine groups is 1. The third-order valence-electron chi connectivity index (χ3n) is 2.63. The average molecular weight is 296 g/mol. The molecule has 6 heteroatoms. The molecule has 2 rings (SSSR count). The predicted octanol–water partition coefficient (Wildman–Crippen LogP) is 3.19. The van der Waals surface area contributed by atoms with Crippen molar-refractivity contribution in [3.63, 3.8) is 0 Å². The molecule has 1 aromatic heterocycles. The van der Waals surface area contributed by atoms with E-state index in [2.05, 4.69) is 10.4 Å². The van der Waals surface area contributed by atoms with Gasteiger partial charge in [0.05, 0.1) is 5.69 Å². The molecule has 1 amide bonds. The van der Waals surface area contributed by atoms with Crippen LogP contribution >= 0.6 is 22.9 Å². The zero-order chi connectivity index (χ0) is 14.0. The van der Waals surface area contributed by atoms with Crippen LogP contribution in [-0.4, -0.2) is 10.9 Å². The number of halogens is 1. The van der Waals surface area contributed by atoms with Crippen LogP contribution in [-0.2, 0) is 0 Å². The number of nitrogens with one attached hydrogen (secondary N) is 1. The van der Waals surface area contributed by atoms with Gasteiger partial charge in [-0.05, 0) is 18.1 Å². The van der Waals surface area contributed by atoms with E-state index in [0.29, 0.717) is 9.90 Å². The molecule has 19 heavy (non-hydrogen) atoms. The summed E-state index contributed by atoms with van der Waals surface area (Å²) in [5, 5.41) is 1.46. The maximum Gasteiger partial charge on any atom is 0.277 e. The molecule has 0 radical (unpaired) electrons. The summed E-state index contributed by atoms with van der Waals surface area (Å²) in [7, 11) is 0. The number of aromatic nitrogens is 1. The lowest BCUT2D eigenvalue weighted by Gasteiger charge is -2.02. The third kappa shape index (κ3) is 2.94. The molecule has 0 aliphatic heterocycles. The van der Waals surface area contributed by atoms with E-state index in [-0.39, 0.29) is 11.8 Å². The predicted molar refractivity (Wildman–Crippen MR) is 78.3 cm³/mol. The van der Waals surface area contributed by atoms with Crippen LogP contribution in [0.15, 0.2) is 24.3 Å². The molecule has 1 aromatic carbocycles. The van der Waals surface area contributed by atoms with Crippen molar-refractivity contribution in [2.45, 2.75) is 19.8 Å². The molecule has 100 valence electrons. The van der Waals surface area contributed by atoms with Crippen LogP contribution in [0, 0.1) is 0 Å². The molecule has 0 saturated carbocycles. The van der Waals surface area contributed by atoms with Gasteiger partial charge in [0.25, 0.3) is 5.91 Å². The van der Waals surface area contributed by atoms with Gasteiger partial charge in [-0.25, -0.2) is 10.8 Å². The van der Waals surface area contributed by atoms with Crippen molar-refractivity contribution in [2.75, 3.05) is 0 Å². The van der Waals surface area contributed by atoms with Crippen molar-refractivity contribution < 1.29 is 4.79 Å². The molecular weight excluding hydrogens is 282 g/mol. The van der Waals surface area contributed by atoms with Gasteiger partial charge in [-0.15, -0.1) is 11.3 Å². The van der Waals surface area contributed by atoms with E-state index in [9.17, 15) is 4.79 Å². The highest BCUT2D eigenvalue weighted by Crippen LogP contribution is 2.32. The zero-order valence-electron chi connectivity index (χ0n) is 10.6. The van der Waals surface area contributed by atoms with Crippen molar-refractivity contribution in [1.82, 2.24) is 10.4 Å². The third-order valence-corrected chi connectivity index (χ3v) is 4.00. The molecule has 4 nitrogen and oxygen atoms in total. The zero-order valence-corrected chi connectivity index (χ0v) is 12.2. The number of nitrogen functional groups attached to an aromatic ring is 1. The van der Waals surface area contributed by atoms with Crippen LogP contribution in [0.4, 0.5) is 0 Å². The van der Waals surface area contributed by atoms with E-state index in [1.54, 1.807) is 12.1 Å². The fraction of sp³-hybridized carbons (Fsp3) is 0.231. The first-order valence-electron chi connectivity index (χ1n) is 5.80. The second-order valence-electron chi connectivity index (χ2n) is 4.37. The fourth-order valence-electron chi connectivity index (χ4n) is 1.67.